The maximum Gasteiger partial charge on any atom is 0.329 e. The molecule has 0 spiro atoms. The van der Waals surface area contributed by atoms with Crippen molar-refractivity contribution < 1.29 is 32.3 Å². The normalized spacial score (nSPS) is 11.7. The highest BCUT2D eigenvalue weighted by atomic mass is 19.2. The van der Waals surface area contributed by atoms with Crippen molar-refractivity contribution in [3.63, 3.8) is 0 Å². The van der Waals surface area contributed by atoms with Crippen molar-refractivity contribution in [3.8, 4) is 0 Å². The Bertz CT molecular complexity index is 918. The summed E-state index contributed by atoms with van der Waals surface area (Å²) >= 11 is 0. The van der Waals surface area contributed by atoms with Crippen molar-refractivity contribution in [1.29, 1.82) is 0 Å². The molecular formula is C20H19F3N2O4. The lowest BCUT2D eigenvalue weighted by atomic mass is 10.0. The number of carbonyl (C=O) groups excluding carboxylic acids is 3. The largest absolute Gasteiger partial charge is 0.454 e. The molecule has 0 aromatic heterocycles. The van der Waals surface area contributed by atoms with Crippen molar-refractivity contribution in [2.45, 2.75) is 19.9 Å². The Hall–Kier alpha value is -3.36. The number of nitrogens with one attached hydrogen (secondary N) is 2. The molecule has 2 aromatic carbocycles. The number of carbonyl (C=O) groups is 3. The molecule has 1 atom stereocenters. The average Bonchev–Trinajstić information content (AvgIpc) is 2.67. The molecule has 0 aliphatic carbocycles. The maximum atomic E-state index is 13.7. The van der Waals surface area contributed by atoms with Gasteiger partial charge in [0.15, 0.2) is 18.2 Å². The molecule has 9 heteroatoms. The van der Waals surface area contributed by atoms with E-state index >= 15 is 0 Å². The second kappa shape index (κ2) is 9.72. The number of ether oxygens (including phenoxy) is 1. The van der Waals surface area contributed by atoms with Gasteiger partial charge < -0.3 is 15.4 Å². The van der Waals surface area contributed by atoms with Gasteiger partial charge in [0.05, 0.1) is 5.56 Å². The van der Waals surface area contributed by atoms with Crippen LogP contribution in [0, 0.1) is 23.4 Å². The monoisotopic (exact) mass is 408 g/mol. The molecule has 0 fully saturated rings. The fraction of sp³-hybridized carbons (Fsp3) is 0.250. The van der Waals surface area contributed by atoms with E-state index in [-0.39, 0.29) is 11.3 Å². The molecule has 0 bridgehead atoms. The number of esters is 1. The lowest BCUT2D eigenvalue weighted by Gasteiger charge is -2.21. The fourth-order valence-electron chi connectivity index (χ4n) is 2.36. The van der Waals surface area contributed by atoms with Gasteiger partial charge in [0.25, 0.3) is 11.8 Å². The molecule has 0 heterocycles. The Balaban J connectivity index is 1.95. The number of rotatable bonds is 7. The minimum Gasteiger partial charge on any atom is -0.454 e. The van der Waals surface area contributed by atoms with Crippen LogP contribution in [0.4, 0.5) is 18.9 Å². The molecule has 2 aromatic rings. The molecule has 2 rings (SSSR count). The highest BCUT2D eigenvalue weighted by Gasteiger charge is 2.27. The van der Waals surface area contributed by atoms with Crippen LogP contribution in [0.2, 0.25) is 0 Å². The van der Waals surface area contributed by atoms with Crippen molar-refractivity contribution in [1.82, 2.24) is 5.32 Å². The molecular weight excluding hydrogens is 389 g/mol. The van der Waals surface area contributed by atoms with Crippen LogP contribution < -0.4 is 10.6 Å². The van der Waals surface area contributed by atoms with E-state index in [4.69, 9.17) is 4.74 Å². The summed E-state index contributed by atoms with van der Waals surface area (Å²) in [5, 5.41) is 4.63. The Morgan fingerprint density at radius 3 is 2.28 bits per heavy atom. The molecule has 29 heavy (non-hydrogen) atoms. The van der Waals surface area contributed by atoms with Gasteiger partial charge in [0.2, 0.25) is 0 Å². The van der Waals surface area contributed by atoms with Crippen LogP contribution in [0.25, 0.3) is 0 Å². The van der Waals surface area contributed by atoms with Gasteiger partial charge in [0, 0.05) is 11.8 Å². The van der Waals surface area contributed by atoms with Gasteiger partial charge in [-0.3, -0.25) is 9.59 Å². The Morgan fingerprint density at radius 2 is 1.66 bits per heavy atom. The molecule has 0 aliphatic heterocycles. The number of hydrogen-bond acceptors (Lipinski definition) is 4. The van der Waals surface area contributed by atoms with Gasteiger partial charge in [-0.25, -0.2) is 18.0 Å². The molecule has 2 amide bonds. The number of hydrogen-bond donors (Lipinski definition) is 2. The summed E-state index contributed by atoms with van der Waals surface area (Å²) in [4.78, 5) is 36.3. The zero-order chi connectivity index (χ0) is 21.6. The summed E-state index contributed by atoms with van der Waals surface area (Å²) in [7, 11) is 0. The van der Waals surface area contributed by atoms with Gasteiger partial charge >= 0.3 is 5.97 Å². The third kappa shape index (κ3) is 6.06. The lowest BCUT2D eigenvalue weighted by Crippen LogP contribution is -2.46. The highest BCUT2D eigenvalue weighted by molar-refractivity contribution is 5.97. The van der Waals surface area contributed by atoms with Gasteiger partial charge in [-0.1, -0.05) is 26.0 Å². The van der Waals surface area contributed by atoms with Crippen LogP contribution in [0.3, 0.4) is 0 Å². The van der Waals surface area contributed by atoms with E-state index in [9.17, 15) is 27.6 Å². The Labute approximate surface area is 165 Å². The smallest absolute Gasteiger partial charge is 0.329 e. The number of anilines is 1. The summed E-state index contributed by atoms with van der Waals surface area (Å²) < 4.78 is 44.7. The van der Waals surface area contributed by atoms with Crippen LogP contribution in [-0.2, 0) is 14.3 Å². The maximum absolute atomic E-state index is 13.7. The van der Waals surface area contributed by atoms with E-state index in [1.807, 2.05) is 0 Å². The second-order valence-corrected chi connectivity index (χ2v) is 6.46. The Kier molecular flexibility index (Phi) is 7.35. The third-order valence-electron chi connectivity index (χ3n) is 3.87. The van der Waals surface area contributed by atoms with E-state index in [0.29, 0.717) is 0 Å². The minimum absolute atomic E-state index is 0.0155. The Morgan fingerprint density at radius 1 is 0.966 bits per heavy atom. The second-order valence-electron chi connectivity index (χ2n) is 6.46. The van der Waals surface area contributed by atoms with Crippen LogP contribution >= 0.6 is 0 Å². The predicted octanol–water partition coefficient (Wildman–Crippen LogP) is 3.04. The zero-order valence-corrected chi connectivity index (χ0v) is 15.7. The van der Waals surface area contributed by atoms with Crippen LogP contribution in [-0.4, -0.2) is 30.4 Å². The first kappa shape index (κ1) is 21.9. The molecule has 0 unspecified atom stereocenters. The van der Waals surface area contributed by atoms with Crippen molar-refractivity contribution in [2.24, 2.45) is 5.92 Å². The average molecular weight is 408 g/mol. The van der Waals surface area contributed by atoms with Crippen LogP contribution in [0.5, 0.6) is 0 Å². The number of amides is 2. The molecule has 6 nitrogen and oxygen atoms in total. The summed E-state index contributed by atoms with van der Waals surface area (Å²) in [5.41, 5.74) is -0.250. The summed E-state index contributed by atoms with van der Waals surface area (Å²) in [5.74, 6) is -5.85. The first-order valence-electron chi connectivity index (χ1n) is 8.66. The molecule has 0 saturated carbocycles. The first-order valence-corrected chi connectivity index (χ1v) is 8.66. The van der Waals surface area contributed by atoms with Gasteiger partial charge in [-0.05, 0) is 30.2 Å². The lowest BCUT2D eigenvalue weighted by molar-refractivity contribution is -0.150. The minimum atomic E-state index is -1.14. The van der Waals surface area contributed by atoms with Crippen LogP contribution in [0.1, 0.15) is 24.2 Å². The molecule has 0 saturated heterocycles. The van der Waals surface area contributed by atoms with Crippen molar-refractivity contribution in [2.75, 3.05) is 11.9 Å². The van der Waals surface area contributed by atoms with E-state index in [1.165, 1.54) is 18.2 Å². The van der Waals surface area contributed by atoms with Gasteiger partial charge in [-0.2, -0.15) is 0 Å². The highest BCUT2D eigenvalue weighted by Crippen LogP contribution is 2.13. The van der Waals surface area contributed by atoms with Gasteiger partial charge in [-0.15, -0.1) is 0 Å². The van der Waals surface area contributed by atoms with Crippen LogP contribution in [0.15, 0.2) is 42.5 Å². The predicted molar refractivity (Wildman–Crippen MR) is 98.4 cm³/mol. The SMILES string of the molecule is CC(C)[C@H](NC(=O)c1ccccc1F)C(=O)OCC(=O)Nc1ccc(F)c(F)c1. The molecule has 0 aliphatic rings. The molecule has 2 N–H and O–H groups in total. The van der Waals surface area contributed by atoms with E-state index in [2.05, 4.69) is 10.6 Å². The summed E-state index contributed by atoms with van der Waals surface area (Å²) in [6.07, 6.45) is 0. The topological polar surface area (TPSA) is 84.5 Å². The summed E-state index contributed by atoms with van der Waals surface area (Å²) in [6, 6.07) is 6.91. The first-order chi connectivity index (χ1) is 13.7. The summed E-state index contributed by atoms with van der Waals surface area (Å²) in [6.45, 7) is 2.56. The molecule has 154 valence electrons. The van der Waals surface area contributed by atoms with Crippen molar-refractivity contribution in [3.05, 3.63) is 65.5 Å². The number of halogens is 3. The van der Waals surface area contributed by atoms with E-state index < -0.39 is 53.8 Å². The quantitative estimate of drug-likeness (QED) is 0.690. The van der Waals surface area contributed by atoms with Gasteiger partial charge in [0.1, 0.15) is 11.9 Å². The van der Waals surface area contributed by atoms with E-state index in [0.717, 1.165) is 24.3 Å². The third-order valence-corrected chi connectivity index (χ3v) is 3.87. The fourth-order valence-corrected chi connectivity index (χ4v) is 2.36. The number of benzene rings is 2. The van der Waals surface area contributed by atoms with E-state index in [1.54, 1.807) is 13.8 Å². The zero-order valence-electron chi connectivity index (χ0n) is 15.7. The van der Waals surface area contributed by atoms with Crippen molar-refractivity contribution >= 4 is 23.5 Å². The standard InChI is InChI=1S/C20H19F3N2O4/c1-11(2)18(25-19(27)13-5-3-4-6-14(13)21)20(28)29-10-17(26)24-12-7-8-15(22)16(23)9-12/h3-9,11,18H,10H2,1-2H3,(H,24,26)(H,25,27)/t18-/m0/s1. The molecule has 0 radical (unpaired) electrons.